The lowest BCUT2D eigenvalue weighted by Gasteiger charge is -2.24. The molecule has 27 heavy (non-hydrogen) atoms. The van der Waals surface area contributed by atoms with Crippen LogP contribution < -0.4 is 11.1 Å². The van der Waals surface area contributed by atoms with E-state index in [0.29, 0.717) is 42.6 Å². The molecule has 2 atom stereocenters. The maximum Gasteiger partial charge on any atom is 0.251 e. The fourth-order valence-electron chi connectivity index (χ4n) is 3.34. The summed E-state index contributed by atoms with van der Waals surface area (Å²) < 4.78 is 0. The largest absolute Gasteiger partial charge is 0.341 e. The van der Waals surface area contributed by atoms with Gasteiger partial charge in [0.15, 0.2) is 0 Å². The van der Waals surface area contributed by atoms with Gasteiger partial charge >= 0.3 is 0 Å². The SMILES string of the molecule is NCC1CCN(C(=O)C(Cc2ccccc2)NC(=O)c2ccc(Cl)cc2)C1. The van der Waals surface area contributed by atoms with Crippen molar-refractivity contribution in [2.75, 3.05) is 19.6 Å². The third-order valence-corrected chi connectivity index (χ3v) is 5.18. The van der Waals surface area contributed by atoms with Crippen LogP contribution in [0.15, 0.2) is 54.6 Å². The van der Waals surface area contributed by atoms with Crippen LogP contribution in [0.2, 0.25) is 5.02 Å². The zero-order valence-corrected chi connectivity index (χ0v) is 15.9. The molecule has 0 aromatic heterocycles. The third-order valence-electron chi connectivity index (χ3n) is 4.92. The molecule has 2 aromatic rings. The zero-order valence-electron chi connectivity index (χ0n) is 15.1. The Labute approximate surface area is 164 Å². The second kappa shape index (κ2) is 9.02. The monoisotopic (exact) mass is 385 g/mol. The van der Waals surface area contributed by atoms with Crippen LogP contribution in [0.5, 0.6) is 0 Å². The Kier molecular flexibility index (Phi) is 6.48. The fraction of sp³-hybridized carbons (Fsp3) is 0.333. The maximum absolute atomic E-state index is 13.1. The first-order valence-electron chi connectivity index (χ1n) is 9.16. The smallest absolute Gasteiger partial charge is 0.251 e. The molecule has 0 aliphatic carbocycles. The van der Waals surface area contributed by atoms with Crippen molar-refractivity contribution in [2.24, 2.45) is 11.7 Å². The minimum absolute atomic E-state index is 0.0582. The predicted molar refractivity (Wildman–Crippen MR) is 107 cm³/mol. The number of likely N-dealkylation sites (tertiary alicyclic amines) is 1. The van der Waals surface area contributed by atoms with Crippen molar-refractivity contribution in [2.45, 2.75) is 18.9 Å². The maximum atomic E-state index is 13.1. The van der Waals surface area contributed by atoms with Crippen LogP contribution in [-0.4, -0.2) is 42.4 Å². The van der Waals surface area contributed by atoms with E-state index in [2.05, 4.69) is 5.32 Å². The predicted octanol–water partition coefficient (Wildman–Crippen LogP) is 2.49. The summed E-state index contributed by atoms with van der Waals surface area (Å²) in [6.07, 6.45) is 1.36. The van der Waals surface area contributed by atoms with E-state index in [4.69, 9.17) is 17.3 Å². The molecular weight excluding hydrogens is 362 g/mol. The van der Waals surface area contributed by atoms with Gasteiger partial charge in [0, 0.05) is 30.1 Å². The van der Waals surface area contributed by atoms with E-state index in [1.165, 1.54) is 0 Å². The van der Waals surface area contributed by atoms with Crippen molar-refractivity contribution in [3.63, 3.8) is 0 Å². The number of hydrogen-bond donors (Lipinski definition) is 2. The molecule has 3 N–H and O–H groups in total. The molecule has 5 nitrogen and oxygen atoms in total. The molecule has 1 aliphatic heterocycles. The van der Waals surface area contributed by atoms with E-state index in [-0.39, 0.29) is 11.8 Å². The molecule has 1 saturated heterocycles. The highest BCUT2D eigenvalue weighted by atomic mass is 35.5. The lowest BCUT2D eigenvalue weighted by Crippen LogP contribution is -2.49. The molecule has 2 aromatic carbocycles. The van der Waals surface area contributed by atoms with Crippen molar-refractivity contribution >= 4 is 23.4 Å². The lowest BCUT2D eigenvalue weighted by molar-refractivity contribution is -0.132. The van der Waals surface area contributed by atoms with Gasteiger partial charge in [0.05, 0.1) is 0 Å². The summed E-state index contributed by atoms with van der Waals surface area (Å²) in [6.45, 7) is 1.91. The molecule has 142 valence electrons. The van der Waals surface area contributed by atoms with Crippen molar-refractivity contribution in [1.82, 2.24) is 10.2 Å². The number of hydrogen-bond acceptors (Lipinski definition) is 3. The van der Waals surface area contributed by atoms with Gasteiger partial charge in [-0.15, -0.1) is 0 Å². The molecule has 0 spiro atoms. The van der Waals surface area contributed by atoms with Gasteiger partial charge in [0.25, 0.3) is 5.91 Å². The summed E-state index contributed by atoms with van der Waals surface area (Å²) in [7, 11) is 0. The lowest BCUT2D eigenvalue weighted by atomic mass is 10.0. The zero-order chi connectivity index (χ0) is 19.2. The molecule has 2 amide bonds. The van der Waals surface area contributed by atoms with Gasteiger partial charge < -0.3 is 16.0 Å². The fourth-order valence-corrected chi connectivity index (χ4v) is 3.46. The van der Waals surface area contributed by atoms with Gasteiger partial charge in [0.2, 0.25) is 5.91 Å². The quantitative estimate of drug-likeness (QED) is 0.802. The number of rotatable bonds is 6. The van der Waals surface area contributed by atoms with E-state index in [1.807, 2.05) is 35.2 Å². The molecule has 6 heteroatoms. The molecule has 0 bridgehead atoms. The normalized spacial score (nSPS) is 17.6. The van der Waals surface area contributed by atoms with E-state index in [9.17, 15) is 9.59 Å². The molecule has 1 fully saturated rings. The first kappa shape index (κ1) is 19.4. The Bertz CT molecular complexity index is 780. The summed E-state index contributed by atoms with van der Waals surface area (Å²) >= 11 is 5.89. The molecule has 0 saturated carbocycles. The molecule has 2 unspecified atom stereocenters. The summed E-state index contributed by atoms with van der Waals surface area (Å²) in [5.74, 6) is -0.00840. The number of nitrogens with two attached hydrogens (primary N) is 1. The number of nitrogens with zero attached hydrogens (tertiary/aromatic N) is 1. The Morgan fingerprint density at radius 1 is 1.15 bits per heavy atom. The summed E-state index contributed by atoms with van der Waals surface area (Å²) in [5, 5.41) is 3.47. The van der Waals surface area contributed by atoms with Crippen molar-refractivity contribution < 1.29 is 9.59 Å². The highest BCUT2D eigenvalue weighted by Gasteiger charge is 2.31. The number of halogens is 1. The highest BCUT2D eigenvalue weighted by molar-refractivity contribution is 6.30. The molecule has 0 radical (unpaired) electrons. The summed E-state index contributed by atoms with van der Waals surface area (Å²) in [6, 6.07) is 15.7. The van der Waals surface area contributed by atoms with Crippen LogP contribution in [0.25, 0.3) is 0 Å². The van der Waals surface area contributed by atoms with Crippen LogP contribution in [-0.2, 0) is 11.2 Å². The van der Waals surface area contributed by atoms with Crippen molar-refractivity contribution in [3.05, 3.63) is 70.7 Å². The van der Waals surface area contributed by atoms with E-state index < -0.39 is 6.04 Å². The summed E-state index contributed by atoms with van der Waals surface area (Å²) in [5.41, 5.74) is 7.23. The van der Waals surface area contributed by atoms with E-state index >= 15 is 0 Å². The van der Waals surface area contributed by atoms with E-state index in [0.717, 1.165) is 12.0 Å². The van der Waals surface area contributed by atoms with Crippen molar-refractivity contribution in [3.8, 4) is 0 Å². The standard InChI is InChI=1S/C21H24ClN3O2/c22-18-8-6-17(7-9-18)20(26)24-19(12-15-4-2-1-3-5-15)21(27)25-11-10-16(13-23)14-25/h1-9,16,19H,10-14,23H2,(H,24,26). The summed E-state index contributed by atoms with van der Waals surface area (Å²) in [4.78, 5) is 27.5. The Morgan fingerprint density at radius 3 is 2.48 bits per heavy atom. The van der Waals surface area contributed by atoms with Crippen LogP contribution in [0, 0.1) is 5.92 Å². The highest BCUT2D eigenvalue weighted by Crippen LogP contribution is 2.17. The second-order valence-corrected chi connectivity index (χ2v) is 7.33. The Morgan fingerprint density at radius 2 is 1.85 bits per heavy atom. The first-order valence-corrected chi connectivity index (χ1v) is 9.54. The van der Waals surface area contributed by atoms with Gasteiger partial charge in [-0.1, -0.05) is 41.9 Å². The molecule has 1 heterocycles. The Hall–Kier alpha value is -2.37. The molecular formula is C21H24ClN3O2. The van der Waals surface area contributed by atoms with Crippen LogP contribution in [0.3, 0.4) is 0 Å². The molecule has 3 rings (SSSR count). The minimum Gasteiger partial charge on any atom is -0.341 e. The molecule has 1 aliphatic rings. The topological polar surface area (TPSA) is 75.4 Å². The van der Waals surface area contributed by atoms with Crippen molar-refractivity contribution in [1.29, 1.82) is 0 Å². The second-order valence-electron chi connectivity index (χ2n) is 6.90. The van der Waals surface area contributed by atoms with Gasteiger partial charge in [-0.05, 0) is 48.7 Å². The number of carbonyl (C=O) groups is 2. The van der Waals surface area contributed by atoms with Crippen LogP contribution >= 0.6 is 11.6 Å². The number of nitrogens with one attached hydrogen (secondary N) is 1. The number of benzene rings is 2. The average molecular weight is 386 g/mol. The average Bonchev–Trinajstić information content (AvgIpc) is 3.17. The number of amides is 2. The van der Waals surface area contributed by atoms with E-state index in [1.54, 1.807) is 24.3 Å². The number of carbonyl (C=O) groups excluding carboxylic acids is 2. The first-order chi connectivity index (χ1) is 13.1. The minimum atomic E-state index is -0.618. The van der Waals surface area contributed by atoms with Gasteiger partial charge in [-0.3, -0.25) is 9.59 Å². The van der Waals surface area contributed by atoms with Gasteiger partial charge in [-0.2, -0.15) is 0 Å². The van der Waals surface area contributed by atoms with Gasteiger partial charge in [0.1, 0.15) is 6.04 Å². The van der Waals surface area contributed by atoms with Crippen LogP contribution in [0.4, 0.5) is 0 Å². The van der Waals surface area contributed by atoms with Crippen LogP contribution in [0.1, 0.15) is 22.3 Å². The third kappa shape index (κ3) is 5.08. The van der Waals surface area contributed by atoms with Gasteiger partial charge in [-0.25, -0.2) is 0 Å². The Balaban J connectivity index is 1.75.